The number of fused-ring (bicyclic) bond motifs is 1. The van der Waals surface area contributed by atoms with Crippen LogP contribution in [0, 0.1) is 10.1 Å². The maximum atomic E-state index is 11.2. The van der Waals surface area contributed by atoms with Crippen molar-refractivity contribution in [1.82, 2.24) is 9.97 Å². The molecule has 0 unspecified atom stereocenters. The summed E-state index contributed by atoms with van der Waals surface area (Å²) in [7, 11) is 1.62. The summed E-state index contributed by atoms with van der Waals surface area (Å²) >= 11 is 0. The lowest BCUT2D eigenvalue weighted by Crippen LogP contribution is -2.24. The van der Waals surface area contributed by atoms with E-state index in [1.165, 1.54) is 0 Å². The van der Waals surface area contributed by atoms with Crippen LogP contribution >= 0.6 is 0 Å². The lowest BCUT2D eigenvalue weighted by atomic mass is 10.0. The van der Waals surface area contributed by atoms with E-state index in [4.69, 9.17) is 10.5 Å². The largest absolute Gasteiger partial charge is 0.497 e. The Kier molecular flexibility index (Phi) is 4.99. The maximum Gasteiger partial charge on any atom is 0.269 e. The molecular weight excluding hydrogens is 370 g/mol. The fraction of sp³-hybridized carbons (Fsp3) is 0.238. The minimum Gasteiger partial charge on any atom is -0.497 e. The summed E-state index contributed by atoms with van der Waals surface area (Å²) in [5, 5.41) is 11.2. The molecule has 1 aliphatic heterocycles. The molecule has 0 amide bonds. The summed E-state index contributed by atoms with van der Waals surface area (Å²) in [6, 6.07) is 14.6. The van der Waals surface area contributed by atoms with Crippen LogP contribution in [0.15, 0.2) is 48.5 Å². The predicted molar refractivity (Wildman–Crippen MR) is 111 cm³/mol. The van der Waals surface area contributed by atoms with E-state index in [1.54, 1.807) is 19.2 Å². The Bertz CT molecular complexity index is 1070. The van der Waals surface area contributed by atoms with Gasteiger partial charge in [0, 0.05) is 36.9 Å². The van der Waals surface area contributed by atoms with E-state index in [0.29, 0.717) is 18.1 Å². The Morgan fingerprint density at radius 2 is 2.00 bits per heavy atom. The Balaban J connectivity index is 1.70. The van der Waals surface area contributed by atoms with Gasteiger partial charge in [-0.15, -0.1) is 0 Å². The molecule has 1 aliphatic rings. The van der Waals surface area contributed by atoms with E-state index < -0.39 is 0 Å². The highest BCUT2D eigenvalue weighted by Crippen LogP contribution is 2.29. The van der Waals surface area contributed by atoms with Gasteiger partial charge < -0.3 is 15.4 Å². The molecule has 2 aromatic carbocycles. The summed E-state index contributed by atoms with van der Waals surface area (Å²) in [6.07, 6.45) is 1.79. The summed E-state index contributed by atoms with van der Waals surface area (Å²) in [6.45, 7) is 1.31. The maximum absolute atomic E-state index is 11.2. The number of nitrogen functional groups attached to an aromatic ring is 1. The molecule has 0 bridgehead atoms. The van der Waals surface area contributed by atoms with Crippen LogP contribution in [0.3, 0.4) is 0 Å². The molecular formula is C21H21N5O3. The quantitative estimate of drug-likeness (QED) is 0.535. The molecule has 0 fully saturated rings. The van der Waals surface area contributed by atoms with Crippen LogP contribution in [-0.4, -0.2) is 28.5 Å². The van der Waals surface area contributed by atoms with Gasteiger partial charge in [0.15, 0.2) is 0 Å². The first-order valence-electron chi connectivity index (χ1n) is 9.33. The van der Waals surface area contributed by atoms with E-state index in [-0.39, 0.29) is 16.6 Å². The lowest BCUT2D eigenvalue weighted by molar-refractivity contribution is -0.384. The SMILES string of the molecule is COc1cccc(-c2cc(N3CCCc4ccc([N+](=O)[O-])cc4C3)nc(N)n2)c1. The van der Waals surface area contributed by atoms with Crippen LogP contribution in [-0.2, 0) is 13.0 Å². The van der Waals surface area contributed by atoms with E-state index in [2.05, 4.69) is 14.9 Å². The topological polar surface area (TPSA) is 107 Å². The second-order valence-corrected chi connectivity index (χ2v) is 6.94. The monoisotopic (exact) mass is 391 g/mol. The van der Waals surface area contributed by atoms with Gasteiger partial charge in [0.1, 0.15) is 11.6 Å². The van der Waals surface area contributed by atoms with Crippen LogP contribution in [0.4, 0.5) is 17.5 Å². The molecule has 0 spiro atoms. The standard InChI is InChI=1S/C21H21N5O3/c1-29-18-6-2-4-15(11-18)19-12-20(24-21(22)23-19)25-9-3-5-14-7-8-17(26(27)28)10-16(14)13-25/h2,4,6-8,10-12H,3,5,9,13H2,1H3,(H2,22,23,24). The number of anilines is 2. The van der Waals surface area contributed by atoms with Crippen LogP contribution in [0.5, 0.6) is 5.75 Å². The highest BCUT2D eigenvalue weighted by Gasteiger charge is 2.20. The zero-order valence-corrected chi connectivity index (χ0v) is 16.0. The van der Waals surface area contributed by atoms with Crippen molar-refractivity contribution in [2.75, 3.05) is 24.3 Å². The molecule has 4 rings (SSSR count). The average molecular weight is 391 g/mol. The number of nitrogens with zero attached hydrogens (tertiary/aromatic N) is 4. The van der Waals surface area contributed by atoms with E-state index in [9.17, 15) is 10.1 Å². The average Bonchev–Trinajstić information content (AvgIpc) is 2.95. The van der Waals surface area contributed by atoms with Crippen LogP contribution in [0.2, 0.25) is 0 Å². The molecule has 8 heteroatoms. The highest BCUT2D eigenvalue weighted by atomic mass is 16.6. The Hall–Kier alpha value is -3.68. The fourth-order valence-corrected chi connectivity index (χ4v) is 3.60. The molecule has 2 N–H and O–H groups in total. The molecule has 1 aromatic heterocycles. The van der Waals surface area contributed by atoms with Gasteiger partial charge in [-0.1, -0.05) is 18.2 Å². The molecule has 0 aliphatic carbocycles. The minimum absolute atomic E-state index is 0.102. The summed E-state index contributed by atoms with van der Waals surface area (Å²) < 4.78 is 5.30. The van der Waals surface area contributed by atoms with E-state index in [0.717, 1.165) is 41.8 Å². The van der Waals surface area contributed by atoms with E-state index in [1.807, 2.05) is 36.4 Å². The van der Waals surface area contributed by atoms with E-state index >= 15 is 0 Å². The second-order valence-electron chi connectivity index (χ2n) is 6.94. The number of nitro benzene ring substituents is 1. The van der Waals surface area contributed by atoms with Crippen LogP contribution in [0.25, 0.3) is 11.3 Å². The molecule has 0 atom stereocenters. The van der Waals surface area contributed by atoms with Gasteiger partial charge in [0.25, 0.3) is 5.69 Å². The zero-order chi connectivity index (χ0) is 20.4. The third-order valence-corrected chi connectivity index (χ3v) is 5.06. The summed E-state index contributed by atoms with van der Waals surface area (Å²) in [5.41, 5.74) is 9.76. The van der Waals surface area contributed by atoms with Crippen molar-refractivity contribution in [3.63, 3.8) is 0 Å². The van der Waals surface area contributed by atoms with Crippen LogP contribution in [0.1, 0.15) is 17.5 Å². The molecule has 2 heterocycles. The second kappa shape index (κ2) is 7.75. The van der Waals surface area contributed by atoms with Gasteiger partial charge in [-0.05, 0) is 36.1 Å². The van der Waals surface area contributed by atoms with Crippen molar-refractivity contribution in [2.24, 2.45) is 0 Å². The number of nitrogens with two attached hydrogens (primary N) is 1. The summed E-state index contributed by atoms with van der Waals surface area (Å²) in [4.78, 5) is 21.7. The minimum atomic E-state index is -0.362. The molecule has 8 nitrogen and oxygen atoms in total. The third-order valence-electron chi connectivity index (χ3n) is 5.06. The lowest BCUT2D eigenvalue weighted by Gasteiger charge is -2.22. The predicted octanol–water partition coefficient (Wildman–Crippen LogP) is 3.60. The molecule has 29 heavy (non-hydrogen) atoms. The Morgan fingerprint density at radius 3 is 2.79 bits per heavy atom. The van der Waals surface area contributed by atoms with Gasteiger partial charge in [0.2, 0.25) is 5.95 Å². The van der Waals surface area contributed by atoms with Gasteiger partial charge in [-0.3, -0.25) is 10.1 Å². The van der Waals surface area contributed by atoms with Crippen molar-refractivity contribution in [3.8, 4) is 17.0 Å². The number of aryl methyl sites for hydroxylation is 1. The number of aromatic nitrogens is 2. The number of ether oxygens (including phenoxy) is 1. The first kappa shape index (κ1) is 18.7. The van der Waals surface area contributed by atoms with Crippen molar-refractivity contribution in [3.05, 3.63) is 69.8 Å². The number of nitro groups is 1. The first-order chi connectivity index (χ1) is 14.0. The Labute approximate surface area is 168 Å². The van der Waals surface area contributed by atoms with Gasteiger partial charge in [0.05, 0.1) is 17.7 Å². The molecule has 0 saturated carbocycles. The number of methoxy groups -OCH3 is 1. The smallest absolute Gasteiger partial charge is 0.269 e. The van der Waals surface area contributed by atoms with Gasteiger partial charge >= 0.3 is 0 Å². The number of hydrogen-bond acceptors (Lipinski definition) is 7. The zero-order valence-electron chi connectivity index (χ0n) is 16.0. The highest BCUT2D eigenvalue weighted by molar-refractivity contribution is 5.66. The number of non-ortho nitro benzene ring substituents is 1. The van der Waals surface area contributed by atoms with Gasteiger partial charge in [-0.25, -0.2) is 4.98 Å². The van der Waals surface area contributed by atoms with Crippen molar-refractivity contribution in [2.45, 2.75) is 19.4 Å². The molecule has 3 aromatic rings. The van der Waals surface area contributed by atoms with Gasteiger partial charge in [-0.2, -0.15) is 4.98 Å². The van der Waals surface area contributed by atoms with Crippen molar-refractivity contribution >= 4 is 17.5 Å². The third kappa shape index (κ3) is 3.96. The molecule has 148 valence electrons. The number of benzene rings is 2. The first-order valence-corrected chi connectivity index (χ1v) is 9.33. The number of rotatable bonds is 4. The van der Waals surface area contributed by atoms with Crippen molar-refractivity contribution < 1.29 is 9.66 Å². The normalized spacial score (nSPS) is 13.5. The molecule has 0 saturated heterocycles. The Morgan fingerprint density at radius 1 is 1.14 bits per heavy atom. The fourth-order valence-electron chi connectivity index (χ4n) is 3.60. The number of hydrogen-bond donors (Lipinski definition) is 1. The summed E-state index contributed by atoms with van der Waals surface area (Å²) in [5.74, 6) is 1.62. The van der Waals surface area contributed by atoms with Crippen LogP contribution < -0.4 is 15.4 Å². The molecule has 0 radical (unpaired) electrons. The van der Waals surface area contributed by atoms with Crippen molar-refractivity contribution in [1.29, 1.82) is 0 Å².